The molecule has 0 heteroatoms. The van der Waals surface area contributed by atoms with Crippen LogP contribution in [0.15, 0.2) is 0 Å². The van der Waals surface area contributed by atoms with Gasteiger partial charge in [-0.2, -0.15) is 0 Å². The molecule has 0 bridgehead atoms. The van der Waals surface area contributed by atoms with E-state index in [4.69, 9.17) is 0 Å². The third-order valence-corrected chi connectivity index (χ3v) is 1.71. The Labute approximate surface area is 65.0 Å². The van der Waals surface area contributed by atoms with Crippen LogP contribution < -0.4 is 0 Å². The lowest BCUT2D eigenvalue weighted by molar-refractivity contribution is 0.525. The molecular weight excluding hydrogens is 120 g/mol. The van der Waals surface area contributed by atoms with Gasteiger partial charge in [-0.1, -0.05) is 20.3 Å². The third kappa shape index (κ3) is 5.69. The Bertz CT molecular complexity index is 114. The van der Waals surface area contributed by atoms with Crippen LogP contribution in [-0.2, 0) is 0 Å². The van der Waals surface area contributed by atoms with Gasteiger partial charge >= 0.3 is 0 Å². The molecule has 0 aromatic heterocycles. The van der Waals surface area contributed by atoms with Crippen LogP contribution in [0.3, 0.4) is 0 Å². The van der Waals surface area contributed by atoms with E-state index in [0.29, 0.717) is 0 Å². The van der Waals surface area contributed by atoms with Gasteiger partial charge in [0.05, 0.1) is 0 Å². The molecule has 0 saturated carbocycles. The van der Waals surface area contributed by atoms with E-state index in [1.807, 2.05) is 0 Å². The van der Waals surface area contributed by atoms with Crippen molar-refractivity contribution < 1.29 is 0 Å². The Morgan fingerprint density at radius 1 is 1.40 bits per heavy atom. The standard InChI is InChI=1S/C10H17/c1-4-6-7-8-9-10(3)5-2/h10H,1,4-5,8-9H2,2-3H3. The second-order valence-corrected chi connectivity index (χ2v) is 2.66. The van der Waals surface area contributed by atoms with E-state index < -0.39 is 0 Å². The minimum Gasteiger partial charge on any atom is -0.103 e. The molecule has 0 aromatic rings. The molecule has 0 amide bonds. The van der Waals surface area contributed by atoms with Gasteiger partial charge in [0.15, 0.2) is 0 Å². The molecule has 0 fully saturated rings. The summed E-state index contributed by atoms with van der Waals surface area (Å²) in [5.41, 5.74) is 0. The topological polar surface area (TPSA) is 0 Å². The largest absolute Gasteiger partial charge is 0.103 e. The summed E-state index contributed by atoms with van der Waals surface area (Å²) in [7, 11) is 0. The first-order valence-electron chi connectivity index (χ1n) is 4.06. The summed E-state index contributed by atoms with van der Waals surface area (Å²) in [6.45, 7) is 8.14. The van der Waals surface area contributed by atoms with Gasteiger partial charge in [0.1, 0.15) is 0 Å². The van der Waals surface area contributed by atoms with E-state index >= 15 is 0 Å². The molecule has 0 rings (SSSR count). The highest BCUT2D eigenvalue weighted by molar-refractivity contribution is 4.99. The first kappa shape index (κ1) is 9.56. The normalized spacial score (nSPS) is 11.9. The zero-order valence-corrected chi connectivity index (χ0v) is 7.11. The second-order valence-electron chi connectivity index (χ2n) is 2.66. The lowest BCUT2D eigenvalue weighted by atomic mass is 10.0. The Kier molecular flexibility index (Phi) is 6.38. The molecule has 1 radical (unpaired) electrons. The molecule has 0 N–H and O–H groups in total. The van der Waals surface area contributed by atoms with Crippen molar-refractivity contribution in [2.45, 2.75) is 39.5 Å². The van der Waals surface area contributed by atoms with E-state index in [1.165, 1.54) is 12.8 Å². The van der Waals surface area contributed by atoms with Crippen LogP contribution in [0.2, 0.25) is 0 Å². The Balaban J connectivity index is 3.18. The summed E-state index contributed by atoms with van der Waals surface area (Å²) in [5, 5.41) is 0. The van der Waals surface area contributed by atoms with Crippen molar-refractivity contribution in [3.8, 4) is 11.8 Å². The van der Waals surface area contributed by atoms with E-state index in [-0.39, 0.29) is 0 Å². The van der Waals surface area contributed by atoms with Crippen molar-refractivity contribution >= 4 is 0 Å². The maximum Gasteiger partial charge on any atom is 0.00912 e. The number of rotatable bonds is 3. The molecule has 0 nitrogen and oxygen atoms in total. The van der Waals surface area contributed by atoms with Crippen LogP contribution in [-0.4, -0.2) is 0 Å². The van der Waals surface area contributed by atoms with Gasteiger partial charge in [0.25, 0.3) is 0 Å². The monoisotopic (exact) mass is 137 g/mol. The summed E-state index contributed by atoms with van der Waals surface area (Å²) < 4.78 is 0. The minimum absolute atomic E-state index is 0.751. The second kappa shape index (κ2) is 6.68. The van der Waals surface area contributed by atoms with Gasteiger partial charge in [0, 0.05) is 12.8 Å². The SMILES string of the molecule is [CH2]CC#CCCC(C)CC. The van der Waals surface area contributed by atoms with Crippen molar-refractivity contribution in [3.63, 3.8) is 0 Å². The zero-order valence-electron chi connectivity index (χ0n) is 7.11. The lowest BCUT2D eigenvalue weighted by Gasteiger charge is -2.02. The Hall–Kier alpha value is -0.440. The average Bonchev–Trinajstić information content (AvgIpc) is 1.98. The minimum atomic E-state index is 0.751. The van der Waals surface area contributed by atoms with Gasteiger partial charge in [-0.15, -0.1) is 11.8 Å². The van der Waals surface area contributed by atoms with Gasteiger partial charge in [-0.3, -0.25) is 0 Å². The van der Waals surface area contributed by atoms with E-state index in [2.05, 4.69) is 32.6 Å². The molecule has 57 valence electrons. The van der Waals surface area contributed by atoms with Crippen molar-refractivity contribution in [3.05, 3.63) is 6.92 Å². The molecule has 0 heterocycles. The van der Waals surface area contributed by atoms with Gasteiger partial charge in [-0.05, 0) is 19.3 Å². The van der Waals surface area contributed by atoms with Crippen LogP contribution >= 0.6 is 0 Å². The quantitative estimate of drug-likeness (QED) is 0.524. The van der Waals surface area contributed by atoms with E-state index in [9.17, 15) is 0 Å². The molecule has 0 aliphatic carbocycles. The number of hydrogen-bond donors (Lipinski definition) is 0. The summed E-state index contributed by atoms with van der Waals surface area (Å²) in [5.74, 6) is 6.89. The highest BCUT2D eigenvalue weighted by atomic mass is 14.0. The first-order valence-corrected chi connectivity index (χ1v) is 4.06. The summed E-state index contributed by atoms with van der Waals surface area (Å²) in [4.78, 5) is 0. The van der Waals surface area contributed by atoms with Gasteiger partial charge < -0.3 is 0 Å². The molecule has 0 aliphatic heterocycles. The van der Waals surface area contributed by atoms with Crippen LogP contribution in [0.25, 0.3) is 0 Å². The molecule has 0 spiro atoms. The molecule has 1 unspecified atom stereocenters. The fourth-order valence-electron chi connectivity index (χ4n) is 0.699. The Morgan fingerprint density at radius 2 is 2.10 bits per heavy atom. The van der Waals surface area contributed by atoms with Crippen molar-refractivity contribution in [1.82, 2.24) is 0 Å². The molecule has 10 heavy (non-hydrogen) atoms. The van der Waals surface area contributed by atoms with Gasteiger partial charge in [-0.25, -0.2) is 0 Å². The molecule has 0 aromatic carbocycles. The van der Waals surface area contributed by atoms with Crippen LogP contribution in [0.5, 0.6) is 0 Å². The van der Waals surface area contributed by atoms with Crippen molar-refractivity contribution in [1.29, 1.82) is 0 Å². The average molecular weight is 137 g/mol. The predicted molar refractivity (Wildman–Crippen MR) is 46.4 cm³/mol. The maximum absolute atomic E-state index is 3.65. The van der Waals surface area contributed by atoms with Crippen LogP contribution in [0.1, 0.15) is 39.5 Å². The highest BCUT2D eigenvalue weighted by Gasteiger charge is 1.94. The van der Waals surface area contributed by atoms with Gasteiger partial charge in [0.2, 0.25) is 0 Å². The predicted octanol–water partition coefficient (Wildman–Crippen LogP) is 3.04. The van der Waals surface area contributed by atoms with Crippen LogP contribution in [0.4, 0.5) is 0 Å². The first-order chi connectivity index (χ1) is 4.81. The summed E-state index contributed by atoms with van der Waals surface area (Å²) >= 11 is 0. The zero-order chi connectivity index (χ0) is 7.82. The highest BCUT2D eigenvalue weighted by Crippen LogP contribution is 2.07. The maximum atomic E-state index is 3.65. The fraction of sp³-hybridized carbons (Fsp3) is 0.700. The Morgan fingerprint density at radius 3 is 2.60 bits per heavy atom. The summed E-state index contributed by atoms with van der Waals surface area (Å²) in [6.07, 6.45) is 4.31. The van der Waals surface area contributed by atoms with Crippen molar-refractivity contribution in [2.75, 3.05) is 0 Å². The summed E-state index contributed by atoms with van der Waals surface area (Å²) in [6, 6.07) is 0. The third-order valence-electron chi connectivity index (χ3n) is 1.71. The smallest absolute Gasteiger partial charge is 0.00912 e. The molecule has 0 saturated heterocycles. The fourth-order valence-corrected chi connectivity index (χ4v) is 0.699. The van der Waals surface area contributed by atoms with E-state index in [1.54, 1.807) is 0 Å². The number of hydrogen-bond acceptors (Lipinski definition) is 0. The van der Waals surface area contributed by atoms with Crippen molar-refractivity contribution in [2.24, 2.45) is 5.92 Å². The molecule has 0 aliphatic rings. The molecular formula is C10H17. The van der Waals surface area contributed by atoms with Crippen LogP contribution in [0, 0.1) is 24.7 Å². The van der Waals surface area contributed by atoms with E-state index in [0.717, 1.165) is 18.8 Å². The lowest BCUT2D eigenvalue weighted by Crippen LogP contribution is -1.89. The molecule has 1 atom stereocenters.